The number of pyridine rings is 1. The second-order valence-electron chi connectivity index (χ2n) is 8.19. The Kier molecular flexibility index (Phi) is 9.04. The molecule has 2 aliphatic rings. The molecule has 3 aromatic rings. The van der Waals surface area contributed by atoms with Gasteiger partial charge in [-0.25, -0.2) is 13.9 Å². The molecular formula is C26H34FN7O. The third-order valence-corrected chi connectivity index (χ3v) is 6.18. The quantitative estimate of drug-likeness (QED) is 0.485. The summed E-state index contributed by atoms with van der Waals surface area (Å²) in [6, 6.07) is 5.65. The predicted molar refractivity (Wildman–Crippen MR) is 139 cm³/mol. The fourth-order valence-corrected chi connectivity index (χ4v) is 4.48. The molecule has 5 rings (SSSR count). The van der Waals surface area contributed by atoms with E-state index >= 15 is 0 Å². The molecule has 3 aromatic heterocycles. The molecule has 186 valence electrons. The summed E-state index contributed by atoms with van der Waals surface area (Å²) in [5.74, 6) is 0.350. The van der Waals surface area contributed by atoms with Crippen LogP contribution >= 0.6 is 0 Å². The van der Waals surface area contributed by atoms with Crippen molar-refractivity contribution in [2.45, 2.75) is 45.3 Å². The molecule has 35 heavy (non-hydrogen) atoms. The zero-order valence-electron chi connectivity index (χ0n) is 20.4. The van der Waals surface area contributed by atoms with Crippen molar-refractivity contribution in [2.75, 3.05) is 36.4 Å². The maximum Gasteiger partial charge on any atom is 0.252 e. The number of hydrogen-bond acceptors (Lipinski definition) is 6. The third kappa shape index (κ3) is 5.72. The molecule has 0 spiro atoms. The van der Waals surface area contributed by atoms with E-state index in [4.69, 9.17) is 5.73 Å². The van der Waals surface area contributed by atoms with Crippen LogP contribution in [0.25, 0.3) is 16.6 Å². The number of nitrogens with two attached hydrogens (primary N) is 1. The van der Waals surface area contributed by atoms with E-state index in [0.29, 0.717) is 17.6 Å². The van der Waals surface area contributed by atoms with E-state index in [1.54, 1.807) is 4.52 Å². The lowest BCUT2D eigenvalue weighted by molar-refractivity contribution is 0.100. The zero-order chi connectivity index (χ0) is 25.4. The Hall–Kier alpha value is -3.64. The highest BCUT2D eigenvalue weighted by Crippen LogP contribution is 2.32. The molecule has 2 atom stereocenters. The van der Waals surface area contributed by atoms with Crippen LogP contribution in [-0.4, -0.2) is 58.9 Å². The molecule has 0 bridgehead atoms. The van der Waals surface area contributed by atoms with Crippen molar-refractivity contribution in [1.82, 2.24) is 19.9 Å². The number of primary amides is 1. The first-order valence-corrected chi connectivity index (χ1v) is 12.1. The molecule has 1 saturated heterocycles. The molecule has 4 N–H and O–H groups in total. The van der Waals surface area contributed by atoms with Crippen molar-refractivity contribution >= 4 is 22.9 Å². The largest absolute Gasteiger partial charge is 0.377 e. The van der Waals surface area contributed by atoms with Gasteiger partial charge in [0.05, 0.1) is 29.0 Å². The minimum Gasteiger partial charge on any atom is -0.377 e. The topological polar surface area (TPSA) is 101 Å². The van der Waals surface area contributed by atoms with Crippen molar-refractivity contribution in [3.63, 3.8) is 0 Å². The Labute approximate surface area is 206 Å². The van der Waals surface area contributed by atoms with Crippen LogP contribution in [0, 0.1) is 12.8 Å². The average molecular weight is 480 g/mol. The van der Waals surface area contributed by atoms with Crippen molar-refractivity contribution < 1.29 is 9.18 Å². The Bertz CT molecular complexity index is 1150. The molecule has 1 saturated carbocycles. The van der Waals surface area contributed by atoms with Crippen LogP contribution in [0.3, 0.4) is 0 Å². The number of fused-ring (bicyclic) bond motifs is 1. The van der Waals surface area contributed by atoms with Gasteiger partial charge in [-0.2, -0.15) is 5.10 Å². The van der Waals surface area contributed by atoms with Gasteiger partial charge in [-0.15, -0.1) is 12.8 Å². The monoisotopic (exact) mass is 479 g/mol. The van der Waals surface area contributed by atoms with Gasteiger partial charge in [0.15, 0.2) is 0 Å². The van der Waals surface area contributed by atoms with E-state index < -0.39 is 12.1 Å². The highest BCUT2D eigenvalue weighted by molar-refractivity contribution is 6.02. The Morgan fingerprint density at radius 3 is 2.60 bits per heavy atom. The van der Waals surface area contributed by atoms with E-state index in [2.05, 4.69) is 44.5 Å². The van der Waals surface area contributed by atoms with Crippen molar-refractivity contribution in [3.05, 3.63) is 42.4 Å². The third-order valence-electron chi connectivity index (χ3n) is 6.18. The number of amides is 1. The van der Waals surface area contributed by atoms with Crippen LogP contribution in [0.2, 0.25) is 0 Å². The Balaban J connectivity index is 0.000000815. The number of piperazine rings is 1. The number of nitrogens with one attached hydrogen (secondary N) is 2. The number of carbonyl (C=O) groups excluding carboxylic acids is 1. The Morgan fingerprint density at radius 1 is 1.20 bits per heavy atom. The molecule has 0 unspecified atom stereocenters. The lowest BCUT2D eigenvalue weighted by Gasteiger charge is -2.28. The van der Waals surface area contributed by atoms with Gasteiger partial charge < -0.3 is 21.3 Å². The maximum atomic E-state index is 14.3. The van der Waals surface area contributed by atoms with Gasteiger partial charge in [0, 0.05) is 44.1 Å². The number of terminal acetylenes is 1. The van der Waals surface area contributed by atoms with Crippen molar-refractivity contribution in [2.24, 2.45) is 5.73 Å². The molecule has 1 amide bonds. The van der Waals surface area contributed by atoms with Crippen LogP contribution in [0.4, 0.5) is 15.9 Å². The van der Waals surface area contributed by atoms with Gasteiger partial charge >= 0.3 is 0 Å². The number of carbonyl (C=O) groups is 1. The van der Waals surface area contributed by atoms with Gasteiger partial charge in [0.25, 0.3) is 5.91 Å². The Morgan fingerprint density at radius 2 is 1.94 bits per heavy atom. The predicted octanol–water partition coefficient (Wildman–Crippen LogP) is 3.48. The fraction of sp³-hybridized carbons (Fsp3) is 0.423. The van der Waals surface area contributed by atoms with E-state index in [0.717, 1.165) is 56.0 Å². The van der Waals surface area contributed by atoms with Crippen LogP contribution < -0.4 is 21.3 Å². The molecular weight excluding hydrogens is 445 g/mol. The number of hydrogen-bond donors (Lipinski definition) is 3. The number of rotatable bonds is 5. The first-order valence-electron chi connectivity index (χ1n) is 12.1. The highest BCUT2D eigenvalue weighted by atomic mass is 19.1. The molecule has 1 aliphatic carbocycles. The first-order chi connectivity index (χ1) is 17.1. The van der Waals surface area contributed by atoms with E-state index in [-0.39, 0.29) is 11.6 Å². The van der Waals surface area contributed by atoms with Gasteiger partial charge in [-0.1, -0.05) is 13.8 Å². The van der Waals surface area contributed by atoms with Crippen LogP contribution in [0.15, 0.2) is 36.8 Å². The van der Waals surface area contributed by atoms with Crippen LogP contribution in [-0.2, 0) is 0 Å². The second kappa shape index (κ2) is 12.2. The molecule has 0 aromatic carbocycles. The second-order valence-corrected chi connectivity index (χ2v) is 8.19. The summed E-state index contributed by atoms with van der Waals surface area (Å²) in [6.07, 6.45) is 14.3. The SMILES string of the molecule is C#C.CC.NC(=O)c1cnn2cc(-c3ccnc(N4CCNCC4)c3)cc2c1N[C@@H]1CCC[C@@H]1F. The standard InChI is InChI=1S/C22H26FN7O.C2H6.C2H2/c23-17-2-1-3-18(17)28-21-16(22(24)31)12-27-30-13-15(10-19(21)30)14-4-5-26-20(11-14)29-8-6-25-7-9-29;2*1-2/h4-5,10-13,17-18,25,28H,1-3,6-9H2,(H2,24,31);1-2H3;1-2H/t17-,18+;;/m0../s1. The van der Waals surface area contributed by atoms with Crippen molar-refractivity contribution in [3.8, 4) is 24.0 Å². The number of nitrogens with zero attached hydrogens (tertiary/aromatic N) is 4. The molecule has 4 heterocycles. The summed E-state index contributed by atoms with van der Waals surface area (Å²) in [5.41, 5.74) is 9.05. The molecule has 1 aliphatic heterocycles. The highest BCUT2D eigenvalue weighted by Gasteiger charge is 2.29. The van der Waals surface area contributed by atoms with Crippen LogP contribution in [0.5, 0.6) is 0 Å². The van der Waals surface area contributed by atoms with E-state index in [1.165, 1.54) is 6.20 Å². The number of anilines is 2. The normalized spacial score (nSPS) is 19.3. The van der Waals surface area contributed by atoms with Crippen LogP contribution in [0.1, 0.15) is 43.5 Å². The number of aromatic nitrogens is 3. The molecule has 8 nitrogen and oxygen atoms in total. The van der Waals surface area contributed by atoms with E-state index in [9.17, 15) is 9.18 Å². The maximum absolute atomic E-state index is 14.3. The summed E-state index contributed by atoms with van der Waals surface area (Å²) in [6.45, 7) is 7.70. The average Bonchev–Trinajstić information content (AvgIpc) is 3.53. The summed E-state index contributed by atoms with van der Waals surface area (Å²) in [7, 11) is 0. The number of halogens is 1. The fourth-order valence-electron chi connectivity index (χ4n) is 4.48. The zero-order valence-corrected chi connectivity index (χ0v) is 20.4. The summed E-state index contributed by atoms with van der Waals surface area (Å²) >= 11 is 0. The molecule has 2 fully saturated rings. The van der Waals surface area contributed by atoms with Gasteiger partial charge in [-0.3, -0.25) is 4.79 Å². The van der Waals surface area contributed by atoms with Crippen molar-refractivity contribution in [1.29, 1.82) is 0 Å². The molecule has 0 radical (unpaired) electrons. The lowest BCUT2D eigenvalue weighted by atomic mass is 10.1. The minimum atomic E-state index is -0.940. The van der Waals surface area contributed by atoms with E-state index in [1.807, 2.05) is 38.4 Å². The lowest BCUT2D eigenvalue weighted by Crippen LogP contribution is -2.43. The summed E-state index contributed by atoms with van der Waals surface area (Å²) in [5, 5.41) is 11.0. The summed E-state index contributed by atoms with van der Waals surface area (Å²) in [4.78, 5) is 18.8. The molecule has 9 heteroatoms. The minimum absolute atomic E-state index is 0.271. The smallest absolute Gasteiger partial charge is 0.252 e. The summed E-state index contributed by atoms with van der Waals surface area (Å²) < 4.78 is 16.0. The number of alkyl halides is 1. The van der Waals surface area contributed by atoms with Gasteiger partial charge in [0.2, 0.25) is 0 Å². The van der Waals surface area contributed by atoms with Gasteiger partial charge in [-0.05, 0) is 43.0 Å². The van der Waals surface area contributed by atoms with Gasteiger partial charge in [0.1, 0.15) is 12.0 Å². The first kappa shape index (κ1) is 26.0.